The molecule has 3 aromatic rings. The molecule has 0 saturated carbocycles. The van der Waals surface area contributed by atoms with Crippen LogP contribution in [0.1, 0.15) is 33.5 Å². The van der Waals surface area contributed by atoms with Gasteiger partial charge >= 0.3 is 0 Å². The van der Waals surface area contributed by atoms with Gasteiger partial charge in [0.05, 0.1) is 22.9 Å². The fraction of sp³-hybridized carbons (Fsp3) is 0.160. The van der Waals surface area contributed by atoms with Gasteiger partial charge in [0, 0.05) is 16.3 Å². The summed E-state index contributed by atoms with van der Waals surface area (Å²) in [5, 5.41) is 14.8. The predicted octanol–water partition coefficient (Wildman–Crippen LogP) is 5.03. The van der Waals surface area contributed by atoms with E-state index in [1.54, 1.807) is 30.3 Å². The first-order chi connectivity index (χ1) is 15.1. The van der Waals surface area contributed by atoms with E-state index in [1.807, 2.05) is 24.3 Å². The number of benzene rings is 3. The molecule has 0 aromatic heterocycles. The lowest BCUT2D eigenvalue weighted by Crippen LogP contribution is -2.16. The number of rotatable bonds is 6. The minimum absolute atomic E-state index is 0.153. The SMILES string of the molecule is N#Cc1cccc(NC(=O)CSc2ccccc2C(=O)Nc2ccc3c(c2)CCC3)c1. The second-order valence-electron chi connectivity index (χ2n) is 7.32. The van der Waals surface area contributed by atoms with E-state index in [9.17, 15) is 9.59 Å². The van der Waals surface area contributed by atoms with E-state index in [2.05, 4.69) is 28.8 Å². The van der Waals surface area contributed by atoms with Crippen molar-refractivity contribution in [3.63, 3.8) is 0 Å². The summed E-state index contributed by atoms with van der Waals surface area (Å²) in [5.41, 5.74) is 5.05. The summed E-state index contributed by atoms with van der Waals surface area (Å²) in [4.78, 5) is 26.0. The van der Waals surface area contributed by atoms with Crippen molar-refractivity contribution in [2.24, 2.45) is 0 Å². The van der Waals surface area contributed by atoms with Crippen LogP contribution in [0.4, 0.5) is 11.4 Å². The number of hydrogen-bond donors (Lipinski definition) is 2. The number of aryl methyl sites for hydroxylation is 2. The first kappa shape index (κ1) is 20.7. The van der Waals surface area contributed by atoms with Gasteiger partial charge in [-0.1, -0.05) is 24.3 Å². The molecular formula is C25H21N3O2S. The van der Waals surface area contributed by atoms with Gasteiger partial charge < -0.3 is 10.6 Å². The van der Waals surface area contributed by atoms with Crippen LogP contribution in [-0.4, -0.2) is 17.6 Å². The van der Waals surface area contributed by atoms with E-state index < -0.39 is 0 Å². The van der Waals surface area contributed by atoms with Gasteiger partial charge in [-0.2, -0.15) is 5.26 Å². The Balaban J connectivity index is 1.40. The Morgan fingerprint density at radius 3 is 2.58 bits per heavy atom. The van der Waals surface area contributed by atoms with E-state index in [-0.39, 0.29) is 17.6 Å². The molecule has 1 aliphatic rings. The number of nitrogens with one attached hydrogen (secondary N) is 2. The molecule has 154 valence electrons. The summed E-state index contributed by atoms with van der Waals surface area (Å²) in [6, 6.07) is 22.2. The van der Waals surface area contributed by atoms with Gasteiger partial charge in [0.2, 0.25) is 5.91 Å². The molecule has 6 heteroatoms. The second kappa shape index (κ2) is 9.50. The first-order valence-electron chi connectivity index (χ1n) is 10.1. The van der Waals surface area contributed by atoms with Crippen molar-refractivity contribution in [1.82, 2.24) is 0 Å². The van der Waals surface area contributed by atoms with Crippen molar-refractivity contribution in [3.05, 3.63) is 89.0 Å². The highest BCUT2D eigenvalue weighted by molar-refractivity contribution is 8.00. The fourth-order valence-electron chi connectivity index (χ4n) is 3.63. The molecule has 0 spiro atoms. The lowest BCUT2D eigenvalue weighted by atomic mass is 10.1. The summed E-state index contributed by atoms with van der Waals surface area (Å²) in [5.74, 6) is -0.239. The summed E-state index contributed by atoms with van der Waals surface area (Å²) in [6.07, 6.45) is 3.32. The van der Waals surface area contributed by atoms with E-state index >= 15 is 0 Å². The summed E-state index contributed by atoms with van der Waals surface area (Å²) < 4.78 is 0. The van der Waals surface area contributed by atoms with Crippen LogP contribution < -0.4 is 10.6 Å². The number of thioether (sulfide) groups is 1. The van der Waals surface area contributed by atoms with E-state index in [0.29, 0.717) is 16.8 Å². The average Bonchev–Trinajstić information content (AvgIpc) is 3.26. The smallest absolute Gasteiger partial charge is 0.256 e. The lowest BCUT2D eigenvalue weighted by molar-refractivity contribution is -0.113. The number of carbonyl (C=O) groups is 2. The Kier molecular flexibility index (Phi) is 6.34. The molecule has 2 amide bonds. The molecule has 0 bridgehead atoms. The Morgan fingerprint density at radius 2 is 1.71 bits per heavy atom. The van der Waals surface area contributed by atoms with Crippen molar-refractivity contribution in [2.45, 2.75) is 24.2 Å². The number of nitriles is 1. The van der Waals surface area contributed by atoms with Crippen molar-refractivity contribution in [1.29, 1.82) is 5.26 Å². The van der Waals surface area contributed by atoms with E-state index in [4.69, 9.17) is 5.26 Å². The molecular weight excluding hydrogens is 406 g/mol. The van der Waals surface area contributed by atoms with Crippen LogP contribution in [0.5, 0.6) is 0 Å². The average molecular weight is 428 g/mol. The van der Waals surface area contributed by atoms with Gasteiger partial charge in [0.1, 0.15) is 0 Å². The monoisotopic (exact) mass is 427 g/mol. The van der Waals surface area contributed by atoms with Gasteiger partial charge in [-0.3, -0.25) is 9.59 Å². The largest absolute Gasteiger partial charge is 0.325 e. The number of hydrogen-bond acceptors (Lipinski definition) is 4. The zero-order valence-corrected chi connectivity index (χ0v) is 17.7. The zero-order chi connectivity index (χ0) is 21.6. The molecule has 31 heavy (non-hydrogen) atoms. The third-order valence-corrected chi connectivity index (χ3v) is 6.20. The highest BCUT2D eigenvalue weighted by atomic mass is 32.2. The second-order valence-corrected chi connectivity index (χ2v) is 8.33. The molecule has 5 nitrogen and oxygen atoms in total. The number of fused-ring (bicyclic) bond motifs is 1. The van der Waals surface area contributed by atoms with Crippen LogP contribution in [0.3, 0.4) is 0 Å². The fourth-order valence-corrected chi connectivity index (χ4v) is 4.48. The maximum absolute atomic E-state index is 12.9. The number of anilines is 2. The highest BCUT2D eigenvalue weighted by Crippen LogP contribution is 2.27. The molecule has 0 heterocycles. The molecule has 3 aromatic carbocycles. The molecule has 1 aliphatic carbocycles. The van der Waals surface area contributed by atoms with Crippen molar-refractivity contribution in [3.8, 4) is 6.07 Å². The minimum atomic E-state index is -0.200. The van der Waals surface area contributed by atoms with Crippen LogP contribution in [0, 0.1) is 11.3 Å². The molecule has 0 unspecified atom stereocenters. The normalized spacial score (nSPS) is 12.0. The third kappa shape index (κ3) is 5.14. The van der Waals surface area contributed by atoms with Gasteiger partial charge in [-0.05, 0) is 72.9 Å². The Labute approximate surface area is 185 Å². The molecule has 0 radical (unpaired) electrons. The molecule has 0 saturated heterocycles. The van der Waals surface area contributed by atoms with Crippen molar-refractivity contribution >= 4 is 35.0 Å². The van der Waals surface area contributed by atoms with Crippen LogP contribution in [0.15, 0.2) is 71.6 Å². The Morgan fingerprint density at radius 1 is 0.903 bits per heavy atom. The van der Waals surface area contributed by atoms with E-state index in [1.165, 1.54) is 22.9 Å². The molecule has 2 N–H and O–H groups in total. The quantitative estimate of drug-likeness (QED) is 0.541. The summed E-state index contributed by atoms with van der Waals surface area (Å²) in [7, 11) is 0. The predicted molar refractivity (Wildman–Crippen MR) is 123 cm³/mol. The molecule has 4 rings (SSSR count). The summed E-state index contributed by atoms with van der Waals surface area (Å²) >= 11 is 1.31. The maximum Gasteiger partial charge on any atom is 0.256 e. The molecule has 0 fully saturated rings. The number of nitrogens with zero attached hydrogens (tertiary/aromatic N) is 1. The Bertz CT molecular complexity index is 1180. The number of amides is 2. The van der Waals surface area contributed by atoms with Crippen LogP contribution in [0.25, 0.3) is 0 Å². The summed E-state index contributed by atoms with van der Waals surface area (Å²) in [6.45, 7) is 0. The highest BCUT2D eigenvalue weighted by Gasteiger charge is 2.15. The zero-order valence-electron chi connectivity index (χ0n) is 16.9. The van der Waals surface area contributed by atoms with Crippen LogP contribution in [-0.2, 0) is 17.6 Å². The molecule has 0 aliphatic heterocycles. The minimum Gasteiger partial charge on any atom is -0.325 e. The number of carbonyl (C=O) groups excluding carboxylic acids is 2. The van der Waals surface area contributed by atoms with Crippen LogP contribution >= 0.6 is 11.8 Å². The van der Waals surface area contributed by atoms with Gasteiger partial charge in [0.15, 0.2) is 0 Å². The van der Waals surface area contributed by atoms with Crippen molar-refractivity contribution in [2.75, 3.05) is 16.4 Å². The van der Waals surface area contributed by atoms with Gasteiger partial charge in [-0.25, -0.2) is 0 Å². The van der Waals surface area contributed by atoms with Gasteiger partial charge in [-0.15, -0.1) is 11.8 Å². The topological polar surface area (TPSA) is 82.0 Å². The van der Waals surface area contributed by atoms with Crippen LogP contribution in [0.2, 0.25) is 0 Å². The standard InChI is InChI=1S/C25H21N3O2S/c26-15-17-5-3-8-20(13-17)27-24(29)16-31-23-10-2-1-9-22(23)25(30)28-21-12-11-18-6-4-7-19(18)14-21/h1-3,5,8-14H,4,6-7,16H2,(H,27,29)(H,28,30). The Hall–Kier alpha value is -3.56. The molecule has 0 atom stereocenters. The van der Waals surface area contributed by atoms with Gasteiger partial charge in [0.25, 0.3) is 5.91 Å². The third-order valence-electron chi connectivity index (χ3n) is 5.12. The van der Waals surface area contributed by atoms with E-state index in [0.717, 1.165) is 29.8 Å². The first-order valence-corrected chi connectivity index (χ1v) is 11.1. The maximum atomic E-state index is 12.9. The lowest BCUT2D eigenvalue weighted by Gasteiger charge is -2.11. The van der Waals surface area contributed by atoms with Crippen molar-refractivity contribution < 1.29 is 9.59 Å².